The second kappa shape index (κ2) is 7.73. The van der Waals surface area contributed by atoms with E-state index in [1.54, 1.807) is 0 Å². The van der Waals surface area contributed by atoms with Gasteiger partial charge in [0.15, 0.2) is 0 Å². The van der Waals surface area contributed by atoms with Crippen LogP contribution >= 0.6 is 0 Å². The molecule has 1 heterocycles. The highest BCUT2D eigenvalue weighted by Crippen LogP contribution is 2.40. The molecule has 2 aliphatic rings. The molecule has 0 unspecified atom stereocenters. The van der Waals surface area contributed by atoms with Crippen LogP contribution in [0.1, 0.15) is 43.2 Å². The molecule has 4 heteroatoms. The first kappa shape index (κ1) is 18.1. The van der Waals surface area contributed by atoms with Gasteiger partial charge in [-0.25, -0.2) is 4.99 Å². The molecule has 0 bridgehead atoms. The van der Waals surface area contributed by atoms with E-state index in [1.807, 2.05) is 0 Å². The Kier molecular flexibility index (Phi) is 5.17. The van der Waals surface area contributed by atoms with E-state index >= 15 is 0 Å². The Bertz CT molecular complexity index is 819. The average molecular weight is 363 g/mol. The van der Waals surface area contributed by atoms with Gasteiger partial charge >= 0.3 is 0 Å². The summed E-state index contributed by atoms with van der Waals surface area (Å²) in [6.45, 7) is 1.77. The van der Waals surface area contributed by atoms with E-state index in [0.29, 0.717) is 0 Å². The molecule has 2 aromatic rings. The van der Waals surface area contributed by atoms with Crippen LogP contribution in [0.2, 0.25) is 0 Å². The maximum Gasteiger partial charge on any atom is 0.128 e. The van der Waals surface area contributed by atoms with Crippen LogP contribution in [0.4, 0.5) is 11.4 Å². The quantitative estimate of drug-likeness (QED) is 0.828. The molecule has 4 rings (SSSR count). The summed E-state index contributed by atoms with van der Waals surface area (Å²) >= 11 is 0. The van der Waals surface area contributed by atoms with Crippen LogP contribution in [0.25, 0.3) is 0 Å². The standard InChI is InChI=1S/C23H30N4/c1-27(2)17-19-11-5-4-10-18(19)16-24-22-23(14-8-3-9-15-23)26-21-13-7-6-12-20(21)25-22/h4-7,10-13,26H,3,8-9,14-17H2,1-2H3,(H,24,25). The molecule has 0 aromatic heterocycles. The van der Waals surface area contributed by atoms with Crippen molar-refractivity contribution in [3.05, 3.63) is 59.7 Å². The summed E-state index contributed by atoms with van der Waals surface area (Å²) < 4.78 is 0. The summed E-state index contributed by atoms with van der Waals surface area (Å²) in [6.07, 6.45) is 6.13. The van der Waals surface area contributed by atoms with Crippen LogP contribution in [0, 0.1) is 0 Å². The largest absolute Gasteiger partial charge is 0.371 e. The van der Waals surface area contributed by atoms with Crippen molar-refractivity contribution < 1.29 is 0 Å². The zero-order valence-electron chi connectivity index (χ0n) is 16.5. The summed E-state index contributed by atoms with van der Waals surface area (Å²) in [5, 5.41) is 7.57. The molecule has 1 fully saturated rings. The van der Waals surface area contributed by atoms with Gasteiger partial charge in [-0.1, -0.05) is 55.7 Å². The number of fused-ring (bicyclic) bond motifs is 1. The minimum absolute atomic E-state index is 0.0386. The van der Waals surface area contributed by atoms with Crippen molar-refractivity contribution in [2.45, 2.75) is 50.7 Å². The molecule has 1 aliphatic heterocycles. The van der Waals surface area contributed by atoms with Gasteiger partial charge in [0.2, 0.25) is 0 Å². The van der Waals surface area contributed by atoms with Crippen molar-refractivity contribution >= 4 is 17.2 Å². The monoisotopic (exact) mass is 362 g/mol. The molecular formula is C23H30N4. The van der Waals surface area contributed by atoms with E-state index in [2.05, 4.69) is 78.2 Å². The number of rotatable bonds is 4. The second-order valence-electron chi connectivity index (χ2n) is 8.11. The Labute approximate surface area is 162 Å². The molecule has 27 heavy (non-hydrogen) atoms. The minimum atomic E-state index is -0.0386. The van der Waals surface area contributed by atoms with Gasteiger partial charge in [-0.05, 0) is 50.2 Å². The Morgan fingerprint density at radius 1 is 0.963 bits per heavy atom. The molecular weight excluding hydrogens is 332 g/mol. The molecule has 4 nitrogen and oxygen atoms in total. The molecule has 1 spiro atoms. The van der Waals surface area contributed by atoms with Gasteiger partial charge in [0.05, 0.1) is 16.9 Å². The van der Waals surface area contributed by atoms with Crippen molar-refractivity contribution in [2.75, 3.05) is 19.4 Å². The SMILES string of the molecule is CN(C)Cc1ccccc1CNC1=Nc2ccccc2NC12CCCCC2. The van der Waals surface area contributed by atoms with Gasteiger partial charge in [-0.3, -0.25) is 0 Å². The predicted octanol–water partition coefficient (Wildman–Crippen LogP) is 4.70. The van der Waals surface area contributed by atoms with Gasteiger partial charge in [-0.2, -0.15) is 0 Å². The Balaban J connectivity index is 1.60. The zero-order chi connectivity index (χ0) is 18.7. The Morgan fingerprint density at radius 2 is 1.67 bits per heavy atom. The van der Waals surface area contributed by atoms with Crippen molar-refractivity contribution in [1.29, 1.82) is 0 Å². The summed E-state index contributed by atoms with van der Waals surface area (Å²) in [6, 6.07) is 17.1. The number of anilines is 1. The zero-order valence-corrected chi connectivity index (χ0v) is 16.5. The number of aliphatic imine (C=N–C) groups is 1. The fourth-order valence-corrected chi connectivity index (χ4v) is 4.35. The first-order valence-corrected chi connectivity index (χ1v) is 10.1. The number of nitrogens with zero attached hydrogens (tertiary/aromatic N) is 2. The minimum Gasteiger partial charge on any atom is -0.371 e. The van der Waals surface area contributed by atoms with E-state index in [-0.39, 0.29) is 5.54 Å². The second-order valence-corrected chi connectivity index (χ2v) is 8.11. The van der Waals surface area contributed by atoms with Crippen molar-refractivity contribution in [2.24, 2.45) is 4.99 Å². The number of hydrogen-bond donors (Lipinski definition) is 2. The summed E-state index contributed by atoms with van der Waals surface area (Å²) in [5.41, 5.74) is 4.88. The normalized spacial score (nSPS) is 18.0. The lowest BCUT2D eigenvalue weighted by Gasteiger charge is -2.42. The average Bonchev–Trinajstić information content (AvgIpc) is 2.67. The third-order valence-electron chi connectivity index (χ3n) is 5.72. The van der Waals surface area contributed by atoms with Crippen molar-refractivity contribution in [3.63, 3.8) is 0 Å². The van der Waals surface area contributed by atoms with Crippen LogP contribution in [0.5, 0.6) is 0 Å². The Hall–Kier alpha value is -2.33. The number of hydrogen-bond acceptors (Lipinski definition) is 4. The summed E-state index contributed by atoms with van der Waals surface area (Å²) in [5.74, 6) is 1.11. The third kappa shape index (κ3) is 3.86. The highest BCUT2D eigenvalue weighted by molar-refractivity contribution is 6.00. The van der Waals surface area contributed by atoms with E-state index in [0.717, 1.165) is 43.1 Å². The van der Waals surface area contributed by atoms with Crippen LogP contribution in [-0.4, -0.2) is 30.4 Å². The van der Waals surface area contributed by atoms with Crippen LogP contribution in [0.3, 0.4) is 0 Å². The molecule has 0 amide bonds. The highest BCUT2D eigenvalue weighted by atomic mass is 15.2. The fourth-order valence-electron chi connectivity index (χ4n) is 4.35. The van der Waals surface area contributed by atoms with E-state index in [9.17, 15) is 0 Å². The molecule has 1 saturated carbocycles. The molecule has 2 aromatic carbocycles. The van der Waals surface area contributed by atoms with E-state index in [4.69, 9.17) is 4.99 Å². The molecule has 0 saturated heterocycles. The molecule has 1 aliphatic carbocycles. The molecule has 142 valence electrons. The van der Waals surface area contributed by atoms with Crippen molar-refractivity contribution in [3.8, 4) is 0 Å². The fraction of sp³-hybridized carbons (Fsp3) is 0.435. The first-order chi connectivity index (χ1) is 13.2. The maximum atomic E-state index is 5.06. The molecule has 0 radical (unpaired) electrons. The predicted molar refractivity (Wildman–Crippen MR) is 114 cm³/mol. The highest BCUT2D eigenvalue weighted by Gasteiger charge is 2.40. The molecule has 2 N–H and O–H groups in total. The first-order valence-electron chi connectivity index (χ1n) is 10.1. The van der Waals surface area contributed by atoms with E-state index in [1.165, 1.54) is 30.4 Å². The number of benzene rings is 2. The van der Waals surface area contributed by atoms with Crippen LogP contribution in [0.15, 0.2) is 53.5 Å². The van der Waals surface area contributed by atoms with Gasteiger partial charge in [0.1, 0.15) is 5.84 Å². The number of nitrogens with one attached hydrogen (secondary N) is 2. The van der Waals surface area contributed by atoms with Gasteiger partial charge in [0, 0.05) is 13.1 Å². The molecule has 0 atom stereocenters. The maximum absolute atomic E-state index is 5.06. The van der Waals surface area contributed by atoms with E-state index < -0.39 is 0 Å². The lowest BCUT2D eigenvalue weighted by atomic mass is 9.79. The summed E-state index contributed by atoms with van der Waals surface area (Å²) in [7, 11) is 4.24. The smallest absolute Gasteiger partial charge is 0.128 e. The van der Waals surface area contributed by atoms with Gasteiger partial charge in [-0.15, -0.1) is 0 Å². The Morgan fingerprint density at radius 3 is 2.44 bits per heavy atom. The lowest BCUT2D eigenvalue weighted by molar-refractivity contribution is 0.394. The summed E-state index contributed by atoms with van der Waals surface area (Å²) in [4.78, 5) is 7.28. The number of amidine groups is 1. The van der Waals surface area contributed by atoms with Gasteiger partial charge < -0.3 is 15.5 Å². The van der Waals surface area contributed by atoms with Crippen molar-refractivity contribution in [1.82, 2.24) is 10.2 Å². The lowest BCUT2D eigenvalue weighted by Crippen LogP contribution is -2.54. The number of para-hydroxylation sites is 2. The third-order valence-corrected chi connectivity index (χ3v) is 5.72. The van der Waals surface area contributed by atoms with Gasteiger partial charge in [0.25, 0.3) is 0 Å². The topological polar surface area (TPSA) is 39.7 Å². The van der Waals surface area contributed by atoms with Crippen LogP contribution in [-0.2, 0) is 13.1 Å². The van der Waals surface area contributed by atoms with Crippen LogP contribution < -0.4 is 10.6 Å².